The van der Waals surface area contributed by atoms with Crippen LogP contribution in [0.1, 0.15) is 19.8 Å². The maximum absolute atomic E-state index is 12.4. The number of benzene rings is 1. The summed E-state index contributed by atoms with van der Waals surface area (Å²) in [5, 5.41) is 3.24. The van der Waals surface area contributed by atoms with Crippen LogP contribution in [0.3, 0.4) is 0 Å². The number of amides is 1. The molecule has 1 aromatic carbocycles. The first-order chi connectivity index (χ1) is 11.3. The number of nitrogens with zero attached hydrogens (tertiary/aromatic N) is 2. The molecule has 1 saturated heterocycles. The molecule has 1 aliphatic rings. The molecule has 1 unspecified atom stereocenters. The number of nitrogens with one attached hydrogen (secondary N) is 1. The zero-order chi connectivity index (χ0) is 17.7. The number of carbonyl (C=O) groups is 1. The standard InChI is InChI=1S/C17H27N3O3S/c1-4-20(16-10-12-24(22,23)13-16)17(21)9-11-18-14-5-7-15(8-6-14)19(2)3/h5-8,16,18H,4,9-13H2,1-3H3. The summed E-state index contributed by atoms with van der Waals surface area (Å²) >= 11 is 0. The second kappa shape index (κ2) is 7.88. The van der Waals surface area contributed by atoms with Crippen molar-refractivity contribution in [2.75, 3.05) is 48.9 Å². The highest BCUT2D eigenvalue weighted by Crippen LogP contribution is 2.19. The van der Waals surface area contributed by atoms with Crippen LogP contribution in [0, 0.1) is 0 Å². The van der Waals surface area contributed by atoms with Gasteiger partial charge in [0.15, 0.2) is 9.84 Å². The van der Waals surface area contributed by atoms with Gasteiger partial charge in [-0.25, -0.2) is 8.42 Å². The molecule has 0 spiro atoms. The maximum Gasteiger partial charge on any atom is 0.224 e. The monoisotopic (exact) mass is 353 g/mol. The number of anilines is 2. The Kier molecular flexibility index (Phi) is 6.10. The predicted molar refractivity (Wildman–Crippen MR) is 98.3 cm³/mol. The Bertz CT molecular complexity index is 656. The lowest BCUT2D eigenvalue weighted by Crippen LogP contribution is -2.41. The van der Waals surface area contributed by atoms with Crippen molar-refractivity contribution < 1.29 is 13.2 Å². The highest BCUT2D eigenvalue weighted by molar-refractivity contribution is 7.91. The number of sulfone groups is 1. The fraction of sp³-hybridized carbons (Fsp3) is 0.588. The summed E-state index contributed by atoms with van der Waals surface area (Å²) in [5.74, 6) is 0.307. The topological polar surface area (TPSA) is 69.7 Å². The third kappa shape index (κ3) is 4.87. The second-order valence-corrected chi connectivity index (χ2v) is 8.58. The van der Waals surface area contributed by atoms with E-state index in [-0.39, 0.29) is 23.5 Å². The van der Waals surface area contributed by atoms with Crippen LogP contribution in [0.4, 0.5) is 11.4 Å². The fourth-order valence-electron chi connectivity index (χ4n) is 2.99. The van der Waals surface area contributed by atoms with Crippen LogP contribution in [-0.4, -0.2) is 64.0 Å². The SMILES string of the molecule is CCN(C(=O)CCNc1ccc(N(C)C)cc1)C1CCS(=O)(=O)C1. The molecule has 0 bridgehead atoms. The number of hydrogen-bond acceptors (Lipinski definition) is 5. The molecule has 134 valence electrons. The van der Waals surface area contributed by atoms with Gasteiger partial charge >= 0.3 is 0 Å². The van der Waals surface area contributed by atoms with Crippen LogP contribution in [0.25, 0.3) is 0 Å². The molecular formula is C17H27N3O3S. The molecule has 1 N–H and O–H groups in total. The summed E-state index contributed by atoms with van der Waals surface area (Å²) in [6.07, 6.45) is 0.918. The molecule has 1 aliphatic heterocycles. The smallest absolute Gasteiger partial charge is 0.224 e. The number of hydrogen-bond donors (Lipinski definition) is 1. The van der Waals surface area contributed by atoms with Crippen molar-refractivity contribution in [2.24, 2.45) is 0 Å². The van der Waals surface area contributed by atoms with Gasteiger partial charge in [-0.3, -0.25) is 4.79 Å². The third-order valence-electron chi connectivity index (χ3n) is 4.36. The molecule has 1 aromatic rings. The fourth-order valence-corrected chi connectivity index (χ4v) is 4.72. The molecule has 0 radical (unpaired) electrons. The van der Waals surface area contributed by atoms with Gasteiger partial charge in [-0.2, -0.15) is 0 Å². The van der Waals surface area contributed by atoms with Gasteiger partial charge in [0, 0.05) is 51.0 Å². The summed E-state index contributed by atoms with van der Waals surface area (Å²) in [4.78, 5) is 16.1. The molecule has 1 atom stereocenters. The molecule has 6 nitrogen and oxygen atoms in total. The largest absolute Gasteiger partial charge is 0.385 e. The molecular weight excluding hydrogens is 326 g/mol. The van der Waals surface area contributed by atoms with Crippen molar-refractivity contribution in [2.45, 2.75) is 25.8 Å². The van der Waals surface area contributed by atoms with Crippen LogP contribution in [0.5, 0.6) is 0 Å². The first-order valence-corrected chi connectivity index (χ1v) is 10.2. The van der Waals surface area contributed by atoms with Gasteiger partial charge in [0.2, 0.25) is 5.91 Å². The number of carbonyl (C=O) groups excluding carboxylic acids is 1. The van der Waals surface area contributed by atoms with Crippen molar-refractivity contribution in [1.82, 2.24) is 4.90 Å². The summed E-state index contributed by atoms with van der Waals surface area (Å²) in [5.41, 5.74) is 2.09. The summed E-state index contributed by atoms with van der Waals surface area (Å²) in [7, 11) is 1.01. The van der Waals surface area contributed by atoms with E-state index in [1.54, 1.807) is 4.90 Å². The molecule has 24 heavy (non-hydrogen) atoms. The highest BCUT2D eigenvalue weighted by atomic mass is 32.2. The van der Waals surface area contributed by atoms with E-state index in [2.05, 4.69) is 5.32 Å². The van der Waals surface area contributed by atoms with E-state index in [4.69, 9.17) is 0 Å². The minimum absolute atomic E-state index is 0.0111. The van der Waals surface area contributed by atoms with Crippen LogP contribution in [0.2, 0.25) is 0 Å². The van der Waals surface area contributed by atoms with Crippen LogP contribution in [-0.2, 0) is 14.6 Å². The Morgan fingerprint density at radius 2 is 1.92 bits per heavy atom. The summed E-state index contributed by atoms with van der Waals surface area (Å²) < 4.78 is 23.2. The average Bonchev–Trinajstić information content (AvgIpc) is 2.88. The van der Waals surface area contributed by atoms with Crippen LogP contribution < -0.4 is 10.2 Å². The average molecular weight is 353 g/mol. The van der Waals surface area contributed by atoms with Crippen molar-refractivity contribution in [3.63, 3.8) is 0 Å². The Morgan fingerprint density at radius 3 is 2.42 bits per heavy atom. The summed E-state index contributed by atoms with van der Waals surface area (Å²) in [6, 6.07) is 7.85. The lowest BCUT2D eigenvalue weighted by Gasteiger charge is -2.27. The molecule has 2 rings (SSSR count). The molecule has 1 amide bonds. The van der Waals surface area contributed by atoms with Crippen molar-refractivity contribution in [1.29, 1.82) is 0 Å². The van der Waals surface area contributed by atoms with Crippen LogP contribution >= 0.6 is 0 Å². The van der Waals surface area contributed by atoms with E-state index in [0.717, 1.165) is 11.4 Å². The lowest BCUT2D eigenvalue weighted by atomic mass is 10.2. The van der Waals surface area contributed by atoms with Crippen molar-refractivity contribution in [3.05, 3.63) is 24.3 Å². The molecule has 7 heteroatoms. The van der Waals surface area contributed by atoms with Gasteiger partial charge in [-0.1, -0.05) is 0 Å². The second-order valence-electron chi connectivity index (χ2n) is 6.35. The Balaban J connectivity index is 1.83. The van der Waals surface area contributed by atoms with Gasteiger partial charge in [-0.15, -0.1) is 0 Å². The first kappa shape index (κ1) is 18.6. The minimum atomic E-state index is -2.97. The molecule has 0 aliphatic carbocycles. The Hall–Kier alpha value is -1.76. The normalized spacial score (nSPS) is 19.0. The van der Waals surface area contributed by atoms with E-state index in [1.807, 2.05) is 50.2 Å². The number of rotatable bonds is 7. The van der Waals surface area contributed by atoms with Crippen molar-refractivity contribution >= 4 is 27.1 Å². The molecule has 1 heterocycles. The van der Waals surface area contributed by atoms with E-state index >= 15 is 0 Å². The van der Waals surface area contributed by atoms with Crippen molar-refractivity contribution in [3.8, 4) is 0 Å². The van der Waals surface area contributed by atoms with Gasteiger partial charge in [0.05, 0.1) is 11.5 Å². The molecule has 0 aromatic heterocycles. The van der Waals surface area contributed by atoms with Gasteiger partial charge < -0.3 is 15.1 Å². The predicted octanol–water partition coefficient (Wildman–Crippen LogP) is 1.59. The lowest BCUT2D eigenvalue weighted by molar-refractivity contribution is -0.132. The van der Waals surface area contributed by atoms with Crippen LogP contribution in [0.15, 0.2) is 24.3 Å². The van der Waals surface area contributed by atoms with E-state index < -0.39 is 9.84 Å². The maximum atomic E-state index is 12.4. The highest BCUT2D eigenvalue weighted by Gasteiger charge is 2.33. The Morgan fingerprint density at radius 1 is 1.25 bits per heavy atom. The van der Waals surface area contributed by atoms with Gasteiger partial charge in [0.1, 0.15) is 0 Å². The van der Waals surface area contributed by atoms with E-state index in [9.17, 15) is 13.2 Å². The minimum Gasteiger partial charge on any atom is -0.385 e. The summed E-state index contributed by atoms with van der Waals surface area (Å²) in [6.45, 7) is 2.99. The first-order valence-electron chi connectivity index (χ1n) is 8.33. The zero-order valence-corrected chi connectivity index (χ0v) is 15.5. The molecule has 1 fully saturated rings. The van der Waals surface area contributed by atoms with Gasteiger partial charge in [0.25, 0.3) is 0 Å². The Labute approximate surface area is 144 Å². The molecule has 0 saturated carbocycles. The quantitative estimate of drug-likeness (QED) is 0.806. The van der Waals surface area contributed by atoms with E-state index in [0.29, 0.717) is 25.9 Å². The third-order valence-corrected chi connectivity index (χ3v) is 6.11. The zero-order valence-electron chi connectivity index (χ0n) is 14.7. The van der Waals surface area contributed by atoms with Gasteiger partial charge in [-0.05, 0) is 37.6 Å². The van der Waals surface area contributed by atoms with E-state index in [1.165, 1.54) is 0 Å².